The summed E-state index contributed by atoms with van der Waals surface area (Å²) in [4.78, 5) is 29.9. The van der Waals surface area contributed by atoms with Gasteiger partial charge in [0, 0.05) is 31.2 Å². The first-order valence-corrected chi connectivity index (χ1v) is 8.63. The Bertz CT molecular complexity index is 530. The molecule has 2 saturated carbocycles. The second-order valence-corrected chi connectivity index (χ2v) is 8.65. The van der Waals surface area contributed by atoms with Crippen LogP contribution in [0.5, 0.6) is 0 Å². The lowest BCUT2D eigenvalue weighted by molar-refractivity contribution is -0.172. The van der Waals surface area contributed by atoms with Crippen LogP contribution in [0, 0.1) is 22.7 Å². The molecule has 4 nitrogen and oxygen atoms in total. The number of Topliss-reactive ketones (excluding diaryl/α,β-unsaturated/α-hetero) is 1. The molecule has 0 radical (unpaired) electrons. The van der Waals surface area contributed by atoms with E-state index < -0.39 is 0 Å². The SMILES string of the molecule is C=C1C(=O)C[C@H]2C(C)(C)C[C@H](Cl)C[C@]2(C)[C@H]1CC(=O)N(C)OC. The summed E-state index contributed by atoms with van der Waals surface area (Å²) in [6, 6.07) is 0. The van der Waals surface area contributed by atoms with Crippen molar-refractivity contribution in [1.82, 2.24) is 5.06 Å². The maximum absolute atomic E-state index is 12.5. The molecule has 23 heavy (non-hydrogen) atoms. The lowest BCUT2D eigenvalue weighted by Crippen LogP contribution is -2.55. The topological polar surface area (TPSA) is 46.6 Å². The Labute approximate surface area is 144 Å². The summed E-state index contributed by atoms with van der Waals surface area (Å²) >= 11 is 6.55. The van der Waals surface area contributed by atoms with Gasteiger partial charge >= 0.3 is 0 Å². The molecule has 0 heterocycles. The summed E-state index contributed by atoms with van der Waals surface area (Å²) < 4.78 is 0. The summed E-state index contributed by atoms with van der Waals surface area (Å²) in [6.07, 6.45) is 2.45. The molecule has 5 heteroatoms. The number of carbonyl (C=O) groups excluding carboxylic acids is 2. The van der Waals surface area contributed by atoms with Gasteiger partial charge in [-0.2, -0.15) is 0 Å². The van der Waals surface area contributed by atoms with Crippen molar-refractivity contribution in [2.45, 2.75) is 51.8 Å². The highest BCUT2D eigenvalue weighted by Gasteiger charge is 2.57. The van der Waals surface area contributed by atoms with E-state index in [4.69, 9.17) is 16.4 Å². The van der Waals surface area contributed by atoms with Crippen molar-refractivity contribution in [2.24, 2.45) is 22.7 Å². The maximum Gasteiger partial charge on any atom is 0.246 e. The molecule has 0 aliphatic heterocycles. The number of nitrogens with zero attached hydrogens (tertiary/aromatic N) is 1. The normalized spacial score (nSPS) is 36.5. The number of carbonyl (C=O) groups is 2. The van der Waals surface area contributed by atoms with Crippen LogP contribution in [-0.2, 0) is 14.4 Å². The highest BCUT2D eigenvalue weighted by molar-refractivity contribution is 6.20. The largest absolute Gasteiger partial charge is 0.295 e. The molecule has 0 aromatic carbocycles. The van der Waals surface area contributed by atoms with E-state index in [2.05, 4.69) is 27.4 Å². The molecule has 0 aromatic rings. The standard InChI is InChI=1S/C18H28ClNO3/c1-11-13(7-16(22)20(5)23-6)18(4)10-12(19)9-17(2,3)15(18)8-14(11)21/h12-13,15H,1,7-10H2,2-6H3/t12-,13-,15-,18+/m0/s1. The molecule has 0 N–H and O–H groups in total. The fourth-order valence-corrected chi connectivity index (χ4v) is 5.59. The zero-order valence-corrected chi connectivity index (χ0v) is 15.6. The van der Waals surface area contributed by atoms with Gasteiger partial charge in [0.15, 0.2) is 5.78 Å². The summed E-state index contributed by atoms with van der Waals surface area (Å²) in [5.41, 5.74) is 0.358. The number of rotatable bonds is 3. The quantitative estimate of drug-likeness (QED) is 0.447. The molecule has 0 aromatic heterocycles. The Morgan fingerprint density at radius 2 is 2.00 bits per heavy atom. The maximum atomic E-state index is 12.5. The number of hydroxylamine groups is 2. The highest BCUT2D eigenvalue weighted by atomic mass is 35.5. The number of fused-ring (bicyclic) bond motifs is 1. The van der Waals surface area contributed by atoms with Crippen molar-refractivity contribution in [3.63, 3.8) is 0 Å². The van der Waals surface area contributed by atoms with Crippen LogP contribution in [0.25, 0.3) is 0 Å². The van der Waals surface area contributed by atoms with Crippen LogP contribution in [0.4, 0.5) is 0 Å². The molecule has 2 aliphatic carbocycles. The number of alkyl halides is 1. The van der Waals surface area contributed by atoms with E-state index in [1.807, 2.05) is 0 Å². The van der Waals surface area contributed by atoms with Gasteiger partial charge in [0.05, 0.1) is 7.11 Å². The van der Waals surface area contributed by atoms with Crippen LogP contribution >= 0.6 is 11.6 Å². The number of allylic oxidation sites excluding steroid dienone is 1. The van der Waals surface area contributed by atoms with Crippen molar-refractivity contribution in [3.8, 4) is 0 Å². The molecule has 0 bridgehead atoms. The third-order valence-electron chi connectivity index (χ3n) is 6.12. The number of ketones is 1. The van der Waals surface area contributed by atoms with E-state index in [0.717, 1.165) is 12.8 Å². The number of hydrogen-bond acceptors (Lipinski definition) is 3. The van der Waals surface area contributed by atoms with Gasteiger partial charge in [0.2, 0.25) is 5.91 Å². The molecule has 2 fully saturated rings. The molecule has 4 atom stereocenters. The average Bonchev–Trinajstić information content (AvgIpc) is 2.44. The highest BCUT2D eigenvalue weighted by Crippen LogP contribution is 2.61. The Balaban J connectivity index is 2.39. The first-order chi connectivity index (χ1) is 10.5. The summed E-state index contributed by atoms with van der Waals surface area (Å²) in [6.45, 7) is 10.6. The first-order valence-electron chi connectivity index (χ1n) is 8.19. The Morgan fingerprint density at radius 1 is 1.39 bits per heavy atom. The van der Waals surface area contributed by atoms with Gasteiger partial charge in [-0.05, 0) is 35.2 Å². The van der Waals surface area contributed by atoms with Gasteiger partial charge in [-0.1, -0.05) is 27.4 Å². The van der Waals surface area contributed by atoms with Gasteiger partial charge < -0.3 is 0 Å². The minimum absolute atomic E-state index is 0.0236. The van der Waals surface area contributed by atoms with E-state index in [0.29, 0.717) is 12.0 Å². The molecule has 130 valence electrons. The molecular weight excluding hydrogens is 314 g/mol. The Kier molecular flexibility index (Phi) is 4.99. The van der Waals surface area contributed by atoms with Crippen LogP contribution in [0.3, 0.4) is 0 Å². The number of halogens is 1. The molecular formula is C18H28ClNO3. The summed E-state index contributed by atoms with van der Waals surface area (Å²) in [7, 11) is 3.05. The fraction of sp³-hybridized carbons (Fsp3) is 0.778. The predicted octanol–water partition coefficient (Wildman–Crippen LogP) is 3.59. The van der Waals surface area contributed by atoms with E-state index in [9.17, 15) is 9.59 Å². The minimum Gasteiger partial charge on any atom is -0.295 e. The van der Waals surface area contributed by atoms with Crippen molar-refractivity contribution in [1.29, 1.82) is 0 Å². The first kappa shape index (κ1) is 18.5. The third kappa shape index (κ3) is 3.20. The second kappa shape index (κ2) is 6.21. The van der Waals surface area contributed by atoms with E-state index >= 15 is 0 Å². The van der Waals surface area contributed by atoms with Gasteiger partial charge in [-0.3, -0.25) is 14.4 Å². The van der Waals surface area contributed by atoms with Crippen molar-refractivity contribution < 1.29 is 14.4 Å². The molecule has 0 unspecified atom stereocenters. The molecule has 2 rings (SSSR count). The summed E-state index contributed by atoms with van der Waals surface area (Å²) in [5.74, 6) is -0.0115. The minimum atomic E-state index is -0.191. The number of hydrogen-bond donors (Lipinski definition) is 0. The molecule has 2 aliphatic rings. The van der Waals surface area contributed by atoms with Crippen LogP contribution < -0.4 is 0 Å². The lowest BCUT2D eigenvalue weighted by Gasteiger charge is -2.58. The monoisotopic (exact) mass is 341 g/mol. The molecule has 0 spiro atoms. The van der Waals surface area contributed by atoms with Crippen molar-refractivity contribution in [2.75, 3.05) is 14.2 Å². The van der Waals surface area contributed by atoms with Gasteiger partial charge in [0.1, 0.15) is 0 Å². The zero-order chi connectivity index (χ0) is 17.6. The third-order valence-corrected chi connectivity index (χ3v) is 6.43. The zero-order valence-electron chi connectivity index (χ0n) is 14.8. The van der Waals surface area contributed by atoms with Gasteiger partial charge in [-0.15, -0.1) is 11.6 Å². The van der Waals surface area contributed by atoms with E-state index in [1.165, 1.54) is 12.2 Å². The van der Waals surface area contributed by atoms with Crippen LogP contribution in [0.2, 0.25) is 0 Å². The Morgan fingerprint density at radius 3 is 2.57 bits per heavy atom. The summed E-state index contributed by atoms with van der Waals surface area (Å²) in [5, 5.41) is 1.28. The predicted molar refractivity (Wildman–Crippen MR) is 90.9 cm³/mol. The van der Waals surface area contributed by atoms with Crippen molar-refractivity contribution >= 4 is 23.3 Å². The lowest BCUT2D eigenvalue weighted by atomic mass is 9.47. The van der Waals surface area contributed by atoms with Crippen LogP contribution in [0.15, 0.2) is 12.2 Å². The second-order valence-electron chi connectivity index (χ2n) is 8.04. The van der Waals surface area contributed by atoms with Crippen LogP contribution in [-0.4, -0.2) is 36.3 Å². The molecule has 0 saturated heterocycles. The van der Waals surface area contributed by atoms with Crippen LogP contribution in [0.1, 0.15) is 46.5 Å². The van der Waals surface area contributed by atoms with Gasteiger partial charge in [0.25, 0.3) is 0 Å². The van der Waals surface area contributed by atoms with Crippen molar-refractivity contribution in [3.05, 3.63) is 12.2 Å². The average molecular weight is 342 g/mol. The Hall–Kier alpha value is -0.870. The van der Waals surface area contributed by atoms with E-state index in [1.54, 1.807) is 7.05 Å². The fourth-order valence-electron chi connectivity index (χ4n) is 4.86. The smallest absolute Gasteiger partial charge is 0.246 e. The number of amides is 1. The van der Waals surface area contributed by atoms with Gasteiger partial charge in [-0.25, -0.2) is 5.06 Å². The molecule has 1 amide bonds. The van der Waals surface area contributed by atoms with E-state index in [-0.39, 0.29) is 46.2 Å².